The highest BCUT2D eigenvalue weighted by atomic mass is 32.2. The molecule has 0 aromatic rings. The zero-order chi connectivity index (χ0) is 10.9. The van der Waals surface area contributed by atoms with Gasteiger partial charge in [0.25, 0.3) is 0 Å². The van der Waals surface area contributed by atoms with Crippen LogP contribution in [0.15, 0.2) is 0 Å². The van der Waals surface area contributed by atoms with Gasteiger partial charge in [-0.2, -0.15) is 0 Å². The molecule has 0 aromatic heterocycles. The van der Waals surface area contributed by atoms with Crippen molar-refractivity contribution in [2.75, 3.05) is 5.75 Å². The summed E-state index contributed by atoms with van der Waals surface area (Å²) in [7, 11) is 0. The van der Waals surface area contributed by atoms with Crippen LogP contribution in [0.25, 0.3) is 0 Å². The second kappa shape index (κ2) is 8.89. The molecule has 0 nitrogen and oxygen atoms in total. The molecule has 1 aliphatic heterocycles. The van der Waals surface area contributed by atoms with Crippen molar-refractivity contribution in [3.05, 3.63) is 0 Å². The van der Waals surface area contributed by atoms with Crippen molar-refractivity contribution in [2.24, 2.45) is 0 Å². The maximum Gasteiger partial charge on any atom is 0.104 e. The second-order valence-corrected chi connectivity index (χ2v) is 7.74. The summed E-state index contributed by atoms with van der Waals surface area (Å²) < 4.78 is 1.17. The molecule has 1 fully saturated rings. The highest BCUT2D eigenvalue weighted by Crippen LogP contribution is 2.35. The summed E-state index contributed by atoms with van der Waals surface area (Å²) in [4.78, 5) is 0. The predicted molar refractivity (Wildman–Crippen MR) is 79.0 cm³/mol. The number of unbranched alkanes of at least 4 members (excludes halogenated alkanes) is 6. The number of rotatable bonds is 8. The van der Waals surface area contributed by atoms with Crippen LogP contribution in [0, 0.1) is 0 Å². The molecule has 15 heavy (non-hydrogen) atoms. The Bertz CT molecular complexity index is 180. The molecule has 0 amide bonds. The van der Waals surface area contributed by atoms with Crippen molar-refractivity contribution in [1.82, 2.24) is 0 Å². The maximum atomic E-state index is 5.17. The third-order valence-corrected chi connectivity index (χ3v) is 6.01. The van der Waals surface area contributed by atoms with Crippen molar-refractivity contribution in [2.45, 2.75) is 63.5 Å². The Balaban J connectivity index is 1.83. The van der Waals surface area contributed by atoms with E-state index in [1.54, 1.807) is 0 Å². The van der Waals surface area contributed by atoms with Gasteiger partial charge < -0.3 is 0 Å². The monoisotopic (exact) mass is 262 g/mol. The van der Waals surface area contributed by atoms with E-state index in [-0.39, 0.29) is 0 Å². The lowest BCUT2D eigenvalue weighted by molar-refractivity contribution is 0.576. The van der Waals surface area contributed by atoms with Crippen LogP contribution in [0.3, 0.4) is 0 Å². The Hall–Kier alpha value is 0.790. The van der Waals surface area contributed by atoms with Crippen LogP contribution >= 0.6 is 35.7 Å². The van der Waals surface area contributed by atoms with Gasteiger partial charge in [0.2, 0.25) is 0 Å². The van der Waals surface area contributed by atoms with Crippen LogP contribution in [-0.2, 0) is 0 Å². The molecular weight excluding hydrogens is 240 g/mol. The van der Waals surface area contributed by atoms with Crippen LogP contribution in [0.5, 0.6) is 0 Å². The highest BCUT2D eigenvalue weighted by Gasteiger charge is 2.19. The van der Waals surface area contributed by atoms with E-state index >= 15 is 0 Å². The van der Waals surface area contributed by atoms with Crippen molar-refractivity contribution in [3.63, 3.8) is 0 Å². The highest BCUT2D eigenvalue weighted by molar-refractivity contribution is 8.49. The van der Waals surface area contributed by atoms with Crippen molar-refractivity contribution in [3.8, 4) is 0 Å². The molecule has 0 aliphatic carbocycles. The quantitative estimate of drug-likeness (QED) is 0.432. The largest absolute Gasteiger partial charge is 0.107 e. The van der Waals surface area contributed by atoms with E-state index in [2.05, 4.69) is 6.92 Å². The van der Waals surface area contributed by atoms with Gasteiger partial charge in [0.05, 0.1) is 0 Å². The zero-order valence-corrected chi connectivity index (χ0v) is 12.1. The number of hydrogen-bond acceptors (Lipinski definition) is 3. The Labute approximate surface area is 108 Å². The fourth-order valence-corrected chi connectivity index (χ4v) is 4.86. The molecule has 1 atom stereocenters. The predicted octanol–water partition coefficient (Wildman–Crippen LogP) is 5.26. The number of thioether (sulfide) groups is 2. The van der Waals surface area contributed by atoms with E-state index in [4.69, 9.17) is 12.2 Å². The van der Waals surface area contributed by atoms with Gasteiger partial charge in [-0.05, 0) is 6.42 Å². The molecule has 0 N–H and O–H groups in total. The van der Waals surface area contributed by atoms with Gasteiger partial charge in [0.1, 0.15) is 3.53 Å². The molecule has 1 heterocycles. The third-order valence-electron chi connectivity index (χ3n) is 2.78. The summed E-state index contributed by atoms with van der Waals surface area (Å²) in [6.45, 7) is 2.28. The fourth-order valence-electron chi connectivity index (χ4n) is 1.84. The normalized spacial score (nSPS) is 21.1. The Morgan fingerprint density at radius 1 is 1.13 bits per heavy atom. The standard InChI is InChI=1S/C12H22S3/c1-2-3-4-5-6-7-8-9-11-10-14-12(13)15-11/h11H,2-10H2,1H3. The zero-order valence-electron chi connectivity index (χ0n) is 9.67. The molecule has 0 radical (unpaired) electrons. The average Bonchev–Trinajstić information content (AvgIpc) is 2.63. The molecule has 0 bridgehead atoms. The molecule has 1 rings (SSSR count). The smallest absolute Gasteiger partial charge is 0.104 e. The maximum absolute atomic E-state index is 5.17. The molecule has 0 spiro atoms. The van der Waals surface area contributed by atoms with Gasteiger partial charge >= 0.3 is 0 Å². The van der Waals surface area contributed by atoms with Gasteiger partial charge in [0, 0.05) is 11.0 Å². The summed E-state index contributed by atoms with van der Waals surface area (Å²) >= 11 is 8.98. The minimum Gasteiger partial charge on any atom is -0.107 e. The first-order valence-electron chi connectivity index (χ1n) is 6.16. The van der Waals surface area contributed by atoms with E-state index in [1.165, 1.54) is 60.6 Å². The van der Waals surface area contributed by atoms with Crippen LogP contribution in [0.1, 0.15) is 58.3 Å². The summed E-state index contributed by atoms with van der Waals surface area (Å²) in [5, 5.41) is 0.832. The minimum absolute atomic E-state index is 0.832. The molecule has 3 heteroatoms. The van der Waals surface area contributed by atoms with Crippen LogP contribution in [0.2, 0.25) is 0 Å². The van der Waals surface area contributed by atoms with Crippen LogP contribution < -0.4 is 0 Å². The number of hydrogen-bond donors (Lipinski definition) is 0. The topological polar surface area (TPSA) is 0 Å². The van der Waals surface area contributed by atoms with E-state index in [0.29, 0.717) is 0 Å². The van der Waals surface area contributed by atoms with E-state index in [0.717, 1.165) is 5.25 Å². The lowest BCUT2D eigenvalue weighted by Gasteiger charge is -2.06. The van der Waals surface area contributed by atoms with Gasteiger partial charge in [0.15, 0.2) is 0 Å². The van der Waals surface area contributed by atoms with Gasteiger partial charge in [-0.15, -0.1) is 23.5 Å². The summed E-state index contributed by atoms with van der Waals surface area (Å²) in [5.41, 5.74) is 0. The Morgan fingerprint density at radius 2 is 1.80 bits per heavy atom. The lowest BCUT2D eigenvalue weighted by Crippen LogP contribution is -2.00. The summed E-state index contributed by atoms with van der Waals surface area (Å²) in [6.07, 6.45) is 11.3. The van der Waals surface area contributed by atoms with Gasteiger partial charge in [-0.25, -0.2) is 0 Å². The molecule has 88 valence electrons. The lowest BCUT2D eigenvalue weighted by atomic mass is 10.1. The molecular formula is C12H22S3. The second-order valence-electron chi connectivity index (χ2n) is 4.21. The first-order chi connectivity index (χ1) is 7.33. The van der Waals surface area contributed by atoms with E-state index in [9.17, 15) is 0 Å². The summed E-state index contributed by atoms with van der Waals surface area (Å²) in [6, 6.07) is 0. The molecule has 1 aliphatic rings. The van der Waals surface area contributed by atoms with Crippen molar-refractivity contribution >= 4 is 39.3 Å². The molecule has 0 aromatic carbocycles. The van der Waals surface area contributed by atoms with Gasteiger partial charge in [-0.3, -0.25) is 0 Å². The third kappa shape index (κ3) is 6.85. The summed E-state index contributed by atoms with van der Waals surface area (Å²) in [5.74, 6) is 1.26. The van der Waals surface area contributed by atoms with Crippen molar-refractivity contribution in [1.29, 1.82) is 0 Å². The molecule has 1 unspecified atom stereocenters. The first-order valence-corrected chi connectivity index (χ1v) is 8.43. The number of thiocarbonyl (C=S) groups is 1. The average molecular weight is 263 g/mol. The minimum atomic E-state index is 0.832. The van der Waals surface area contributed by atoms with E-state index in [1.807, 2.05) is 23.5 Å². The van der Waals surface area contributed by atoms with Crippen LogP contribution in [0.4, 0.5) is 0 Å². The fraction of sp³-hybridized carbons (Fsp3) is 0.917. The molecule has 1 saturated heterocycles. The van der Waals surface area contributed by atoms with Gasteiger partial charge in [-0.1, -0.05) is 64.1 Å². The van der Waals surface area contributed by atoms with Crippen molar-refractivity contribution < 1.29 is 0 Å². The molecule has 0 saturated carbocycles. The Kier molecular flexibility index (Phi) is 8.21. The van der Waals surface area contributed by atoms with E-state index < -0.39 is 0 Å². The Morgan fingerprint density at radius 3 is 2.40 bits per heavy atom. The SMILES string of the molecule is CCCCCCCCCC1CSC(=S)S1. The van der Waals surface area contributed by atoms with Crippen LogP contribution in [-0.4, -0.2) is 14.5 Å². The first kappa shape index (κ1) is 13.9.